The van der Waals surface area contributed by atoms with Crippen molar-refractivity contribution in [3.8, 4) is 11.5 Å². The quantitative estimate of drug-likeness (QED) is 0.0820. The zero-order valence-electron chi connectivity index (χ0n) is 43.0. The first kappa shape index (κ1) is 55.3. The van der Waals surface area contributed by atoms with Crippen LogP contribution >= 0.6 is 11.6 Å². The molecule has 6 atom stereocenters. The molecule has 406 valence electrons. The van der Waals surface area contributed by atoms with E-state index in [1.165, 1.54) is 33.6 Å². The highest BCUT2D eigenvalue weighted by Gasteiger charge is 2.50. The molecule has 0 bridgehead atoms. The summed E-state index contributed by atoms with van der Waals surface area (Å²) in [6.45, 7) is 7.55. The van der Waals surface area contributed by atoms with Gasteiger partial charge in [0.15, 0.2) is 40.4 Å². The van der Waals surface area contributed by atoms with Crippen molar-refractivity contribution >= 4 is 35.0 Å². The lowest BCUT2D eigenvalue weighted by Gasteiger charge is -2.42. The Labute approximate surface area is 444 Å². The predicted molar refractivity (Wildman–Crippen MR) is 271 cm³/mol. The van der Waals surface area contributed by atoms with Gasteiger partial charge in [-0.1, -0.05) is 84.9 Å². The maximum absolute atomic E-state index is 15.3. The molecule has 0 spiro atoms. The number of nitrogens with zero attached hydrogens (tertiary/aromatic N) is 6. The van der Waals surface area contributed by atoms with Gasteiger partial charge in [-0.15, -0.1) is 0 Å². The Morgan fingerprint density at radius 1 is 0.649 bits per heavy atom. The minimum absolute atomic E-state index is 0.0885. The number of halogens is 6. The number of benzene rings is 4. The van der Waals surface area contributed by atoms with E-state index in [1.54, 1.807) is 73.9 Å². The van der Waals surface area contributed by atoms with E-state index in [-0.39, 0.29) is 34.7 Å². The number of carbonyl (C=O) groups excluding carboxylic acids is 4. The van der Waals surface area contributed by atoms with Gasteiger partial charge in [-0.2, -0.15) is 10.2 Å². The Hall–Kier alpha value is -7.94. The molecule has 0 saturated carbocycles. The molecule has 0 unspecified atom stereocenters. The van der Waals surface area contributed by atoms with Crippen LogP contribution in [0.5, 0.6) is 11.5 Å². The van der Waals surface area contributed by atoms with Gasteiger partial charge in [0.2, 0.25) is 16.6 Å². The Balaban J connectivity index is 0.000000195. The number of hydrogen-bond acceptors (Lipinski definition) is 12. The Morgan fingerprint density at radius 3 is 1.51 bits per heavy atom. The summed E-state index contributed by atoms with van der Waals surface area (Å²) >= 11 is 4.81. The molecule has 6 aromatic rings. The lowest BCUT2D eigenvalue weighted by Crippen LogP contribution is -2.51. The summed E-state index contributed by atoms with van der Waals surface area (Å²) in [6.07, 6.45) is 2.78. The van der Waals surface area contributed by atoms with E-state index in [1.807, 2.05) is 24.3 Å². The molecule has 22 heteroatoms. The van der Waals surface area contributed by atoms with Crippen LogP contribution in [0, 0.1) is 23.3 Å². The summed E-state index contributed by atoms with van der Waals surface area (Å²) in [5.41, 5.74) is -1.11. The summed E-state index contributed by atoms with van der Waals surface area (Å²) < 4.78 is 91.8. The van der Waals surface area contributed by atoms with E-state index in [0.717, 1.165) is 30.9 Å². The van der Waals surface area contributed by atoms with Crippen LogP contribution in [-0.4, -0.2) is 102 Å². The molecule has 2 aromatic heterocycles. The molecule has 0 aliphatic carbocycles. The van der Waals surface area contributed by atoms with Gasteiger partial charge in [0, 0.05) is 47.7 Å². The standard InChI is InChI=1S/C27H25F2N3O5.C23H19F2N3O3.C4H7ClO2.CH3F/c1-15(2)36-27(35)37-25-20(33)14-30-32-23(19-12-7-13-31(19)26(34)24(25)32)21(16-8-4-3-5-9-16)17-10-6-11-18(28)22(17)29;24-15-9-4-8-14(19(15)25)18(13-6-2-1-3-7-13)20-16-10-5-11-27(16)23(31)21-22(30)17(29)12-26-28(20)21;1-3(2)7-4(5)6;1-2/h3-6,8-11,14-15,19,21,23H,7,12-13H2,1-2H3;1-4,6-9,12,16,18,20,30H,5,10-11H2;3H,1-2H3;1H3/t19-,21-,23-;16-,18-,20-;;/m11../s1/i;;;1D. The number of alkyl halides is 1. The third-order valence-electron chi connectivity index (χ3n) is 13.3. The van der Waals surface area contributed by atoms with Gasteiger partial charge in [0.25, 0.3) is 11.8 Å². The highest BCUT2D eigenvalue weighted by atomic mass is 35.5. The molecule has 4 aliphatic heterocycles. The van der Waals surface area contributed by atoms with Crippen LogP contribution in [-0.2, 0) is 9.47 Å². The molecular weight excluding hydrogens is 1040 g/mol. The topological polar surface area (TPSA) is 192 Å². The molecule has 1 N–H and O–H groups in total. The Bertz CT molecular complexity index is 3270. The SMILES string of the molecule is CC(C)OC(=O)Cl.CC(C)OC(=O)Oc1c2n(ncc1=O)[C@@H]([C@H](c1ccccc1)c1cccc(F)c1F)[C@H]1CCCN1C2=O.O=C1c2c(O)c(=O)cnn2[C@@H]([C@H](c2ccccc2)c2cccc(F)c2F)[C@H]2CCCN12.[2H]CF. The van der Waals surface area contributed by atoms with Gasteiger partial charge in [-0.25, -0.2) is 31.8 Å². The predicted octanol–water partition coefficient (Wildman–Crippen LogP) is 10.0. The van der Waals surface area contributed by atoms with Gasteiger partial charge >= 0.3 is 11.6 Å². The Kier molecular flexibility index (Phi) is 17.8. The number of fused-ring (bicyclic) bond motifs is 4. The second-order valence-electron chi connectivity index (χ2n) is 18.7. The average Bonchev–Trinajstić information content (AvgIpc) is 4.26. The second-order valence-corrected chi connectivity index (χ2v) is 19.0. The minimum Gasteiger partial charge on any atom is -0.502 e. The number of carbonyl (C=O) groups is 4. The van der Waals surface area contributed by atoms with Crippen LogP contribution in [0.25, 0.3) is 0 Å². The van der Waals surface area contributed by atoms with Gasteiger partial charge in [0.05, 0.1) is 57.3 Å². The van der Waals surface area contributed by atoms with Gasteiger partial charge in [0.1, 0.15) is 0 Å². The first-order chi connectivity index (χ1) is 37.3. The number of hydrogen-bond donors (Lipinski definition) is 1. The average molecular weight is 1090 g/mol. The number of aromatic nitrogens is 4. The van der Waals surface area contributed by atoms with Gasteiger partial charge < -0.3 is 29.1 Å². The van der Waals surface area contributed by atoms with E-state index in [9.17, 15) is 47.0 Å². The van der Waals surface area contributed by atoms with Crippen molar-refractivity contribution in [2.24, 2.45) is 0 Å². The van der Waals surface area contributed by atoms with E-state index < -0.39 is 112 Å². The van der Waals surface area contributed by atoms with Crippen molar-refractivity contribution in [1.29, 1.82) is 0 Å². The highest BCUT2D eigenvalue weighted by molar-refractivity contribution is 6.61. The van der Waals surface area contributed by atoms with Crippen molar-refractivity contribution < 1.29 is 61.8 Å². The molecule has 0 radical (unpaired) electrons. The first-order valence-corrected chi connectivity index (χ1v) is 24.8. The van der Waals surface area contributed by atoms with Crippen molar-refractivity contribution in [3.05, 3.63) is 187 Å². The lowest BCUT2D eigenvalue weighted by atomic mass is 9.79. The summed E-state index contributed by atoms with van der Waals surface area (Å²) in [6, 6.07) is 23.9. The largest absolute Gasteiger partial charge is 0.514 e. The van der Waals surface area contributed by atoms with Crippen molar-refractivity contribution in [2.75, 3.05) is 20.2 Å². The summed E-state index contributed by atoms with van der Waals surface area (Å²) in [5.74, 6) is -7.61. The fraction of sp³-hybridized carbons (Fsp3) is 0.345. The van der Waals surface area contributed by atoms with Crippen LogP contribution in [0.3, 0.4) is 0 Å². The Morgan fingerprint density at radius 2 is 1.08 bits per heavy atom. The van der Waals surface area contributed by atoms with E-state index in [2.05, 4.69) is 14.9 Å². The maximum atomic E-state index is 15.3. The monoisotopic (exact) mass is 1090 g/mol. The molecule has 77 heavy (non-hydrogen) atoms. The first-order valence-electron chi connectivity index (χ1n) is 25.1. The van der Waals surface area contributed by atoms with Crippen molar-refractivity contribution in [1.82, 2.24) is 29.4 Å². The maximum Gasteiger partial charge on any atom is 0.514 e. The number of rotatable bonds is 9. The lowest BCUT2D eigenvalue weighted by molar-refractivity contribution is 0.0539. The van der Waals surface area contributed by atoms with Gasteiger partial charge in [-0.05, 0) is 76.6 Å². The molecule has 2 amide bonds. The summed E-state index contributed by atoms with van der Waals surface area (Å²) in [5, 5.41) is 18.9. The number of ether oxygens (including phenoxy) is 3. The van der Waals surface area contributed by atoms with Crippen molar-refractivity contribution in [3.63, 3.8) is 0 Å². The third kappa shape index (κ3) is 11.9. The van der Waals surface area contributed by atoms with E-state index in [0.29, 0.717) is 43.5 Å². The second kappa shape index (κ2) is 24.8. The normalized spacial score (nSPS) is 18.8. The molecular formula is C55H54ClF5N6O10. The van der Waals surface area contributed by atoms with Crippen LogP contribution in [0.15, 0.2) is 119 Å². The summed E-state index contributed by atoms with van der Waals surface area (Å²) in [7, 11) is -1.00. The van der Waals surface area contributed by atoms with Gasteiger partial charge in [-0.3, -0.25) is 28.3 Å². The number of amides is 2. The third-order valence-corrected chi connectivity index (χ3v) is 13.4. The van der Waals surface area contributed by atoms with E-state index in [4.69, 9.17) is 22.4 Å². The van der Waals surface area contributed by atoms with Crippen molar-refractivity contribution in [2.45, 2.75) is 102 Å². The highest BCUT2D eigenvalue weighted by Crippen LogP contribution is 2.48. The molecule has 4 aromatic carbocycles. The van der Waals surface area contributed by atoms with Crippen LogP contribution in [0.2, 0.25) is 0 Å². The molecule has 10 rings (SSSR count). The molecule has 6 heterocycles. The zero-order valence-corrected chi connectivity index (χ0v) is 42.8. The summed E-state index contributed by atoms with van der Waals surface area (Å²) in [4.78, 5) is 76.8. The van der Waals surface area contributed by atoms with Crippen LogP contribution in [0.4, 0.5) is 31.5 Å². The van der Waals surface area contributed by atoms with Crippen LogP contribution < -0.4 is 15.6 Å². The van der Waals surface area contributed by atoms with Crippen LogP contribution in [0.1, 0.15) is 122 Å². The molecule has 16 nitrogen and oxygen atoms in total. The molecule has 2 saturated heterocycles. The fourth-order valence-corrected chi connectivity index (χ4v) is 10.6. The molecule has 2 fully saturated rings. The minimum atomic E-state index is -1.13. The number of aromatic hydroxyl groups is 1. The van der Waals surface area contributed by atoms with E-state index >= 15 is 8.78 Å². The fourth-order valence-electron chi connectivity index (χ4n) is 10.4. The smallest absolute Gasteiger partial charge is 0.502 e. The zero-order chi connectivity index (χ0) is 56.5. The molecule has 4 aliphatic rings.